The summed E-state index contributed by atoms with van der Waals surface area (Å²) in [6.07, 6.45) is 2.18. The molecule has 5 heteroatoms. The van der Waals surface area contributed by atoms with Crippen LogP contribution in [0.1, 0.15) is 17.2 Å². The van der Waals surface area contributed by atoms with Crippen LogP contribution < -0.4 is 16.2 Å². The number of hydrogen-bond acceptors (Lipinski definition) is 4. The van der Waals surface area contributed by atoms with Crippen LogP contribution in [-0.2, 0) is 6.42 Å². The van der Waals surface area contributed by atoms with Crippen molar-refractivity contribution in [2.24, 2.45) is 5.73 Å². The van der Waals surface area contributed by atoms with Gasteiger partial charge in [0.15, 0.2) is 0 Å². The largest absolute Gasteiger partial charge is 0.497 e. The van der Waals surface area contributed by atoms with Crippen LogP contribution in [-0.4, -0.2) is 12.1 Å². The number of anilines is 1. The number of nitrogen functional groups attached to an aromatic ring is 1. The Balaban J connectivity index is 2.15. The van der Waals surface area contributed by atoms with Gasteiger partial charge in [-0.2, -0.15) is 0 Å². The topological polar surface area (TPSA) is 74.2 Å². The highest BCUT2D eigenvalue weighted by atomic mass is 35.5. The fraction of sp³-hybridized carbons (Fsp3) is 0.214. The second-order valence-corrected chi connectivity index (χ2v) is 4.72. The third-order valence-electron chi connectivity index (χ3n) is 2.93. The van der Waals surface area contributed by atoms with Crippen molar-refractivity contribution in [1.29, 1.82) is 0 Å². The van der Waals surface area contributed by atoms with Gasteiger partial charge in [-0.25, -0.2) is 4.98 Å². The van der Waals surface area contributed by atoms with Crippen LogP contribution in [0.5, 0.6) is 5.75 Å². The fourth-order valence-corrected chi connectivity index (χ4v) is 2.05. The van der Waals surface area contributed by atoms with Gasteiger partial charge in [0.25, 0.3) is 0 Å². The first kappa shape index (κ1) is 13.6. The molecule has 1 unspecified atom stereocenters. The number of ether oxygens (including phenoxy) is 1. The molecule has 1 atom stereocenters. The smallest absolute Gasteiger partial charge is 0.128 e. The molecule has 2 rings (SSSR count). The summed E-state index contributed by atoms with van der Waals surface area (Å²) < 4.78 is 5.11. The van der Waals surface area contributed by atoms with Crippen molar-refractivity contribution in [2.75, 3.05) is 12.8 Å². The van der Waals surface area contributed by atoms with E-state index >= 15 is 0 Å². The van der Waals surface area contributed by atoms with Gasteiger partial charge in [-0.15, -0.1) is 0 Å². The third kappa shape index (κ3) is 3.36. The van der Waals surface area contributed by atoms with Crippen LogP contribution in [0.15, 0.2) is 36.5 Å². The fourth-order valence-electron chi connectivity index (χ4n) is 1.89. The minimum absolute atomic E-state index is 0.236. The maximum absolute atomic E-state index is 6.16. The van der Waals surface area contributed by atoms with Gasteiger partial charge in [0.1, 0.15) is 11.6 Å². The number of benzene rings is 1. The first-order chi connectivity index (χ1) is 9.10. The van der Waals surface area contributed by atoms with Crippen molar-refractivity contribution in [3.63, 3.8) is 0 Å². The van der Waals surface area contributed by atoms with E-state index in [2.05, 4.69) is 4.98 Å². The number of rotatable bonds is 4. The van der Waals surface area contributed by atoms with Gasteiger partial charge in [-0.1, -0.05) is 23.7 Å². The van der Waals surface area contributed by atoms with Crippen LogP contribution in [0.2, 0.25) is 5.02 Å². The molecule has 1 aromatic carbocycles. The van der Waals surface area contributed by atoms with Crippen molar-refractivity contribution in [3.8, 4) is 5.75 Å². The molecule has 0 fully saturated rings. The first-order valence-electron chi connectivity index (χ1n) is 5.89. The molecule has 100 valence electrons. The average molecular weight is 278 g/mol. The Kier molecular flexibility index (Phi) is 4.24. The van der Waals surface area contributed by atoms with Crippen molar-refractivity contribution in [1.82, 2.24) is 4.98 Å². The monoisotopic (exact) mass is 277 g/mol. The van der Waals surface area contributed by atoms with E-state index in [9.17, 15) is 0 Å². The van der Waals surface area contributed by atoms with E-state index in [1.54, 1.807) is 13.2 Å². The molecule has 0 aliphatic heterocycles. The van der Waals surface area contributed by atoms with E-state index < -0.39 is 0 Å². The highest BCUT2D eigenvalue weighted by molar-refractivity contribution is 6.30. The van der Waals surface area contributed by atoms with E-state index in [1.807, 2.05) is 24.3 Å². The number of nitrogens with zero attached hydrogens (tertiary/aromatic N) is 1. The lowest BCUT2D eigenvalue weighted by atomic mass is 10.0. The average Bonchev–Trinajstić information content (AvgIpc) is 2.42. The second-order valence-electron chi connectivity index (χ2n) is 4.29. The van der Waals surface area contributed by atoms with Crippen LogP contribution in [0, 0.1) is 0 Å². The summed E-state index contributed by atoms with van der Waals surface area (Å²) in [7, 11) is 1.64. The van der Waals surface area contributed by atoms with E-state index in [-0.39, 0.29) is 6.04 Å². The van der Waals surface area contributed by atoms with Gasteiger partial charge in [-0.3, -0.25) is 0 Å². The first-order valence-corrected chi connectivity index (χ1v) is 6.27. The third-order valence-corrected chi connectivity index (χ3v) is 3.14. The SMILES string of the molecule is COc1ccc(CC(N)c2cc(Cl)cnc2N)cc1. The Morgan fingerprint density at radius 3 is 2.63 bits per heavy atom. The zero-order valence-corrected chi connectivity index (χ0v) is 11.4. The second kappa shape index (κ2) is 5.91. The predicted octanol–water partition coefficient (Wildman–Crippen LogP) is 2.57. The molecular formula is C14H16ClN3O. The molecule has 2 aromatic rings. The Morgan fingerprint density at radius 2 is 2.00 bits per heavy atom. The van der Waals surface area contributed by atoms with Crippen LogP contribution in [0.25, 0.3) is 0 Å². The van der Waals surface area contributed by atoms with Crippen LogP contribution >= 0.6 is 11.6 Å². The van der Waals surface area contributed by atoms with Crippen molar-refractivity contribution in [3.05, 3.63) is 52.7 Å². The zero-order valence-electron chi connectivity index (χ0n) is 10.6. The van der Waals surface area contributed by atoms with Gasteiger partial charge in [-0.05, 0) is 30.2 Å². The van der Waals surface area contributed by atoms with Gasteiger partial charge >= 0.3 is 0 Å². The quantitative estimate of drug-likeness (QED) is 0.901. The van der Waals surface area contributed by atoms with Gasteiger partial charge in [0.05, 0.1) is 12.1 Å². The number of nitrogens with two attached hydrogens (primary N) is 2. The van der Waals surface area contributed by atoms with Crippen LogP contribution in [0.4, 0.5) is 5.82 Å². The van der Waals surface area contributed by atoms with Crippen molar-refractivity contribution >= 4 is 17.4 Å². The van der Waals surface area contributed by atoms with Gasteiger partial charge < -0.3 is 16.2 Å². The maximum atomic E-state index is 6.16. The molecule has 0 bridgehead atoms. The number of hydrogen-bond donors (Lipinski definition) is 2. The number of halogens is 1. The summed E-state index contributed by atoms with van der Waals surface area (Å²) >= 11 is 5.91. The van der Waals surface area contributed by atoms with E-state index in [1.165, 1.54) is 6.20 Å². The number of methoxy groups -OCH3 is 1. The normalized spacial score (nSPS) is 12.2. The molecule has 0 aliphatic rings. The van der Waals surface area contributed by atoms with Crippen molar-refractivity contribution in [2.45, 2.75) is 12.5 Å². The molecule has 0 saturated carbocycles. The van der Waals surface area contributed by atoms with E-state index in [4.69, 9.17) is 27.8 Å². The highest BCUT2D eigenvalue weighted by Crippen LogP contribution is 2.24. The Bertz CT molecular complexity index is 557. The van der Waals surface area contributed by atoms with E-state index in [0.717, 1.165) is 16.9 Å². The molecule has 1 aromatic heterocycles. The Morgan fingerprint density at radius 1 is 1.32 bits per heavy atom. The van der Waals surface area contributed by atoms with Gasteiger partial charge in [0.2, 0.25) is 0 Å². The maximum Gasteiger partial charge on any atom is 0.128 e. The minimum Gasteiger partial charge on any atom is -0.497 e. The summed E-state index contributed by atoms with van der Waals surface area (Å²) in [6.45, 7) is 0. The lowest BCUT2D eigenvalue weighted by Crippen LogP contribution is -2.16. The van der Waals surface area contributed by atoms with E-state index in [0.29, 0.717) is 17.3 Å². The van der Waals surface area contributed by atoms with Gasteiger partial charge in [0, 0.05) is 17.8 Å². The molecule has 19 heavy (non-hydrogen) atoms. The molecule has 0 saturated heterocycles. The molecule has 0 spiro atoms. The Labute approximate surface area is 117 Å². The molecule has 0 radical (unpaired) electrons. The molecular weight excluding hydrogens is 262 g/mol. The molecule has 4 N–H and O–H groups in total. The lowest BCUT2D eigenvalue weighted by molar-refractivity contribution is 0.414. The number of pyridine rings is 1. The van der Waals surface area contributed by atoms with Crippen molar-refractivity contribution < 1.29 is 4.74 Å². The lowest BCUT2D eigenvalue weighted by Gasteiger charge is -2.14. The standard InChI is InChI=1S/C14H16ClN3O/c1-19-11-4-2-9(3-5-11)6-13(16)12-7-10(15)8-18-14(12)17/h2-5,7-8,13H,6,16H2,1H3,(H2,17,18). The Hall–Kier alpha value is -1.78. The number of aromatic nitrogens is 1. The molecule has 1 heterocycles. The molecule has 0 amide bonds. The summed E-state index contributed by atoms with van der Waals surface area (Å²) in [5, 5.41) is 0.536. The zero-order chi connectivity index (χ0) is 13.8. The highest BCUT2D eigenvalue weighted by Gasteiger charge is 2.12. The molecule has 4 nitrogen and oxygen atoms in total. The molecule has 0 aliphatic carbocycles. The minimum atomic E-state index is -0.236. The summed E-state index contributed by atoms with van der Waals surface area (Å²) in [5.41, 5.74) is 13.8. The summed E-state index contributed by atoms with van der Waals surface area (Å²) in [6, 6.07) is 9.29. The van der Waals surface area contributed by atoms with Crippen LogP contribution in [0.3, 0.4) is 0 Å². The summed E-state index contributed by atoms with van der Waals surface area (Å²) in [5.74, 6) is 1.24. The summed E-state index contributed by atoms with van der Waals surface area (Å²) in [4.78, 5) is 4.01. The predicted molar refractivity (Wildman–Crippen MR) is 77.3 cm³/mol.